The third-order valence-corrected chi connectivity index (χ3v) is 5.92. The summed E-state index contributed by atoms with van der Waals surface area (Å²) in [5.74, 6) is 3.34. The molecule has 0 aromatic rings. The molecule has 0 saturated heterocycles. The minimum absolute atomic E-state index is 0.329. The Labute approximate surface area is 122 Å². The smallest absolute Gasteiger partial charge is 0.155 e. The van der Waals surface area contributed by atoms with Crippen molar-refractivity contribution in [2.75, 3.05) is 0 Å². The lowest BCUT2D eigenvalue weighted by molar-refractivity contribution is -0.118. The quantitative estimate of drug-likeness (QED) is 0.667. The fraction of sp³-hybridized carbons (Fsp3) is 0.778. The zero-order valence-electron chi connectivity index (χ0n) is 12.6. The van der Waals surface area contributed by atoms with Gasteiger partial charge in [0.15, 0.2) is 5.78 Å². The summed E-state index contributed by atoms with van der Waals surface area (Å²) >= 11 is 0. The summed E-state index contributed by atoms with van der Waals surface area (Å²) in [6, 6.07) is 0. The maximum atomic E-state index is 11.8. The summed E-state index contributed by atoms with van der Waals surface area (Å²) < 4.78 is 0. The van der Waals surface area contributed by atoms with Crippen LogP contribution in [0.2, 0.25) is 0 Å². The summed E-state index contributed by atoms with van der Waals surface area (Å²) in [5.41, 5.74) is 1.41. The lowest BCUT2D eigenvalue weighted by Crippen LogP contribution is -2.21. The van der Waals surface area contributed by atoms with Crippen LogP contribution in [0, 0.1) is 23.7 Å². The van der Waals surface area contributed by atoms with Crippen LogP contribution < -0.4 is 0 Å². The van der Waals surface area contributed by atoms with Gasteiger partial charge in [-0.15, -0.1) is 0 Å². The third-order valence-electron chi connectivity index (χ3n) is 5.92. The van der Waals surface area contributed by atoms with Gasteiger partial charge < -0.3 is 0 Å². The van der Waals surface area contributed by atoms with Crippen LogP contribution in [0.4, 0.5) is 0 Å². The Morgan fingerprint density at radius 3 is 2.70 bits per heavy atom. The molecule has 4 atom stereocenters. The Kier molecular flexibility index (Phi) is 4.09. The summed E-state index contributed by atoms with van der Waals surface area (Å²) in [5, 5.41) is 0. The number of hydrogen-bond donors (Lipinski definition) is 0. The van der Waals surface area contributed by atoms with Crippen molar-refractivity contribution in [2.45, 2.75) is 64.7 Å². The molecule has 2 nitrogen and oxygen atoms in total. The van der Waals surface area contributed by atoms with Crippen molar-refractivity contribution in [1.82, 2.24) is 0 Å². The highest BCUT2D eigenvalue weighted by Gasteiger charge is 2.36. The Hall–Kier alpha value is -0.920. The number of hydrogen-bond acceptors (Lipinski definition) is 2. The van der Waals surface area contributed by atoms with E-state index in [1.165, 1.54) is 24.8 Å². The zero-order valence-corrected chi connectivity index (χ0v) is 12.6. The van der Waals surface area contributed by atoms with E-state index >= 15 is 0 Å². The molecule has 0 aromatic carbocycles. The molecule has 0 spiro atoms. The van der Waals surface area contributed by atoms with E-state index in [1.54, 1.807) is 0 Å². The Morgan fingerprint density at radius 1 is 1.00 bits per heavy atom. The molecule has 0 unspecified atom stereocenters. The van der Waals surface area contributed by atoms with E-state index in [0.717, 1.165) is 38.5 Å². The monoisotopic (exact) mass is 274 g/mol. The van der Waals surface area contributed by atoms with Crippen molar-refractivity contribution >= 4 is 11.6 Å². The van der Waals surface area contributed by atoms with E-state index in [2.05, 4.69) is 6.92 Å². The summed E-state index contributed by atoms with van der Waals surface area (Å²) in [6.45, 7) is 2.32. The average Bonchev–Trinajstić information content (AvgIpc) is 2.79. The fourth-order valence-electron chi connectivity index (χ4n) is 4.68. The lowest BCUT2D eigenvalue weighted by atomic mass is 9.74. The molecule has 0 aliphatic heterocycles. The second kappa shape index (κ2) is 5.83. The first-order valence-electron chi connectivity index (χ1n) is 8.38. The molecule has 2 fully saturated rings. The predicted molar refractivity (Wildman–Crippen MR) is 79.3 cm³/mol. The van der Waals surface area contributed by atoms with Gasteiger partial charge in [-0.2, -0.15) is 0 Å². The maximum absolute atomic E-state index is 11.8. The number of carbonyl (C=O) groups excluding carboxylic acids is 2. The van der Waals surface area contributed by atoms with Gasteiger partial charge in [-0.3, -0.25) is 9.59 Å². The largest absolute Gasteiger partial charge is 0.300 e. The van der Waals surface area contributed by atoms with Crippen LogP contribution in [0.1, 0.15) is 64.7 Å². The molecule has 0 amide bonds. The van der Waals surface area contributed by atoms with Crippen molar-refractivity contribution in [3.63, 3.8) is 0 Å². The highest BCUT2D eigenvalue weighted by molar-refractivity contribution is 5.91. The van der Waals surface area contributed by atoms with E-state index in [-0.39, 0.29) is 0 Å². The second-order valence-corrected chi connectivity index (χ2v) is 7.24. The van der Waals surface area contributed by atoms with Crippen molar-refractivity contribution in [3.8, 4) is 0 Å². The van der Waals surface area contributed by atoms with Crippen molar-refractivity contribution in [1.29, 1.82) is 0 Å². The highest BCUT2D eigenvalue weighted by Crippen LogP contribution is 2.43. The predicted octanol–water partition coefficient (Wildman–Crippen LogP) is 4.09. The first-order chi connectivity index (χ1) is 9.63. The highest BCUT2D eigenvalue weighted by atomic mass is 16.1. The van der Waals surface area contributed by atoms with Gasteiger partial charge in [0.2, 0.25) is 0 Å². The first-order valence-corrected chi connectivity index (χ1v) is 8.38. The molecule has 0 bridgehead atoms. The second-order valence-electron chi connectivity index (χ2n) is 7.24. The van der Waals surface area contributed by atoms with E-state index in [0.29, 0.717) is 35.2 Å². The molecule has 3 aliphatic carbocycles. The van der Waals surface area contributed by atoms with Gasteiger partial charge in [0.05, 0.1) is 0 Å². The SMILES string of the molecule is C[C@@H]1CCC2=CC(=O)CC[C@H]2CCC[C@H]2CC(=O)C[C@@H]21. The zero-order chi connectivity index (χ0) is 14.1. The Bertz CT molecular complexity index is 435. The van der Waals surface area contributed by atoms with Crippen molar-refractivity contribution in [3.05, 3.63) is 11.6 Å². The molecule has 0 heterocycles. The number of Topliss-reactive ketones (excluding diaryl/α,β-unsaturated/α-hetero) is 1. The molecule has 2 saturated carbocycles. The molecule has 2 heteroatoms. The van der Waals surface area contributed by atoms with E-state index in [4.69, 9.17) is 0 Å². The van der Waals surface area contributed by atoms with Crippen molar-refractivity contribution in [2.24, 2.45) is 23.7 Å². The number of carbonyl (C=O) groups is 2. The van der Waals surface area contributed by atoms with E-state index < -0.39 is 0 Å². The molecule has 20 heavy (non-hydrogen) atoms. The van der Waals surface area contributed by atoms with Gasteiger partial charge in [0.1, 0.15) is 5.78 Å². The molecule has 3 rings (SSSR count). The minimum atomic E-state index is 0.329. The third kappa shape index (κ3) is 2.89. The molecule has 0 radical (unpaired) electrons. The number of allylic oxidation sites excluding steroid dienone is 2. The van der Waals surface area contributed by atoms with Crippen LogP contribution in [0.5, 0.6) is 0 Å². The van der Waals surface area contributed by atoms with Crippen LogP contribution in [0.15, 0.2) is 11.6 Å². The molecule has 0 aromatic heterocycles. The van der Waals surface area contributed by atoms with Crippen LogP contribution in [0.3, 0.4) is 0 Å². The molecule has 0 N–H and O–H groups in total. The van der Waals surface area contributed by atoms with Gasteiger partial charge in [-0.05, 0) is 61.9 Å². The molecular weight excluding hydrogens is 248 g/mol. The standard InChI is InChI=1S/C18H26O2/c1-12-5-6-14-9-16(19)8-7-13(14)3-2-4-15-10-17(20)11-18(12)15/h9,12-13,15,18H,2-8,10-11H2,1H3/t12-,13-,15+,18-/m1/s1. The maximum Gasteiger partial charge on any atom is 0.155 e. The van der Waals surface area contributed by atoms with Crippen molar-refractivity contribution < 1.29 is 9.59 Å². The minimum Gasteiger partial charge on any atom is -0.300 e. The van der Waals surface area contributed by atoms with Crippen LogP contribution in [0.25, 0.3) is 0 Å². The topological polar surface area (TPSA) is 34.1 Å². The number of ketones is 2. The number of fused-ring (bicyclic) bond motifs is 2. The van der Waals surface area contributed by atoms with E-state index in [1.807, 2.05) is 6.08 Å². The van der Waals surface area contributed by atoms with Gasteiger partial charge >= 0.3 is 0 Å². The first kappa shape index (κ1) is 14.0. The summed E-state index contributed by atoms with van der Waals surface area (Å²) in [4.78, 5) is 23.4. The van der Waals surface area contributed by atoms with E-state index in [9.17, 15) is 9.59 Å². The molecular formula is C18H26O2. The normalized spacial score (nSPS) is 39.0. The van der Waals surface area contributed by atoms with Gasteiger partial charge in [-0.1, -0.05) is 18.9 Å². The Morgan fingerprint density at radius 2 is 1.85 bits per heavy atom. The van der Waals surface area contributed by atoms with Crippen LogP contribution >= 0.6 is 0 Å². The number of rotatable bonds is 0. The summed E-state index contributed by atoms with van der Waals surface area (Å²) in [7, 11) is 0. The van der Waals surface area contributed by atoms with Gasteiger partial charge in [0.25, 0.3) is 0 Å². The Balaban J connectivity index is 1.75. The molecule has 110 valence electrons. The van der Waals surface area contributed by atoms with Gasteiger partial charge in [-0.25, -0.2) is 0 Å². The van der Waals surface area contributed by atoms with Crippen LogP contribution in [-0.4, -0.2) is 11.6 Å². The molecule has 3 aliphatic rings. The van der Waals surface area contributed by atoms with Crippen LogP contribution in [-0.2, 0) is 9.59 Å². The summed E-state index contributed by atoms with van der Waals surface area (Å²) in [6.07, 6.45) is 11.3. The lowest BCUT2D eigenvalue weighted by Gasteiger charge is -2.31. The van der Waals surface area contributed by atoms with Gasteiger partial charge in [0, 0.05) is 19.3 Å². The average molecular weight is 274 g/mol. The fourth-order valence-corrected chi connectivity index (χ4v) is 4.68.